The van der Waals surface area contributed by atoms with Crippen LogP contribution in [-0.2, 0) is 0 Å². The van der Waals surface area contributed by atoms with E-state index < -0.39 is 0 Å². The Balaban J connectivity index is 1.94. The highest BCUT2D eigenvalue weighted by atomic mass is 35.5. The van der Waals surface area contributed by atoms with Gasteiger partial charge in [0, 0.05) is 6.54 Å². The van der Waals surface area contributed by atoms with E-state index in [0.717, 1.165) is 6.54 Å². The number of para-hydroxylation sites is 1. The zero-order valence-electron chi connectivity index (χ0n) is 10.8. The molecule has 1 aliphatic carbocycles. The molecule has 0 atom stereocenters. The van der Waals surface area contributed by atoms with Crippen LogP contribution < -0.4 is 11.1 Å². The molecule has 1 saturated carbocycles. The van der Waals surface area contributed by atoms with Gasteiger partial charge in [0.2, 0.25) is 0 Å². The van der Waals surface area contributed by atoms with Gasteiger partial charge in [0.1, 0.15) is 0 Å². The first-order valence-corrected chi connectivity index (χ1v) is 7.43. The molecule has 0 aromatic heterocycles. The summed E-state index contributed by atoms with van der Waals surface area (Å²) in [6.45, 7) is 0.779. The number of guanidine groups is 1. The third kappa shape index (κ3) is 4.29. The van der Waals surface area contributed by atoms with Crippen molar-refractivity contribution in [3.8, 4) is 0 Å². The molecule has 3 nitrogen and oxygen atoms in total. The Bertz CT molecular complexity index is 434. The predicted octanol–water partition coefficient (Wildman–Crippen LogP) is 4.30. The molecule has 104 valence electrons. The van der Waals surface area contributed by atoms with Crippen LogP contribution >= 0.6 is 23.2 Å². The minimum absolute atomic E-state index is 0.376. The highest BCUT2D eigenvalue weighted by Gasteiger charge is 2.13. The number of benzene rings is 1. The second-order valence-corrected chi connectivity index (χ2v) is 5.77. The number of hydrogen-bond acceptors (Lipinski definition) is 1. The number of anilines is 1. The van der Waals surface area contributed by atoms with E-state index in [1.54, 1.807) is 18.2 Å². The second-order valence-electron chi connectivity index (χ2n) is 4.95. The van der Waals surface area contributed by atoms with Crippen LogP contribution in [0.4, 0.5) is 5.69 Å². The van der Waals surface area contributed by atoms with Gasteiger partial charge in [-0.2, -0.15) is 0 Å². The van der Waals surface area contributed by atoms with Gasteiger partial charge in [-0.25, -0.2) is 0 Å². The zero-order chi connectivity index (χ0) is 13.7. The standard InChI is InChI=1S/C14H19Cl2N3/c15-11-7-4-8-12(16)13(11)19-14(17)18-9-10-5-2-1-3-6-10/h4,7-8,10H,1-3,5-6,9H2,(H3,17,18,19). The molecule has 1 aromatic rings. The maximum Gasteiger partial charge on any atom is 0.193 e. The van der Waals surface area contributed by atoms with Gasteiger partial charge < -0.3 is 11.1 Å². The SMILES string of the molecule is NC(=NCC1CCCCC1)Nc1c(Cl)cccc1Cl. The van der Waals surface area contributed by atoms with E-state index in [9.17, 15) is 0 Å². The zero-order valence-corrected chi connectivity index (χ0v) is 12.3. The van der Waals surface area contributed by atoms with Gasteiger partial charge in [0.15, 0.2) is 5.96 Å². The van der Waals surface area contributed by atoms with E-state index in [-0.39, 0.29) is 0 Å². The highest BCUT2D eigenvalue weighted by molar-refractivity contribution is 6.39. The van der Waals surface area contributed by atoms with Crippen molar-refractivity contribution in [1.29, 1.82) is 0 Å². The van der Waals surface area contributed by atoms with E-state index in [2.05, 4.69) is 10.3 Å². The number of rotatable bonds is 3. The minimum Gasteiger partial charge on any atom is -0.370 e. The van der Waals surface area contributed by atoms with Crippen molar-refractivity contribution in [2.24, 2.45) is 16.6 Å². The normalized spacial score (nSPS) is 17.5. The third-order valence-electron chi connectivity index (χ3n) is 3.46. The van der Waals surface area contributed by atoms with Crippen LogP contribution in [0, 0.1) is 5.92 Å². The number of nitrogens with one attached hydrogen (secondary N) is 1. The van der Waals surface area contributed by atoms with Gasteiger partial charge in [-0.15, -0.1) is 0 Å². The Hall–Kier alpha value is -0.930. The summed E-state index contributed by atoms with van der Waals surface area (Å²) in [5.41, 5.74) is 6.50. The molecular formula is C14H19Cl2N3. The van der Waals surface area contributed by atoms with Crippen molar-refractivity contribution < 1.29 is 0 Å². The molecule has 1 aromatic carbocycles. The number of halogens is 2. The molecule has 0 bridgehead atoms. The summed E-state index contributed by atoms with van der Waals surface area (Å²) in [5, 5.41) is 4.07. The molecule has 19 heavy (non-hydrogen) atoms. The fourth-order valence-corrected chi connectivity index (χ4v) is 2.87. The average Bonchev–Trinajstić information content (AvgIpc) is 2.42. The van der Waals surface area contributed by atoms with Gasteiger partial charge in [0.25, 0.3) is 0 Å². The Labute approximate surface area is 124 Å². The van der Waals surface area contributed by atoms with Crippen LogP contribution in [0.1, 0.15) is 32.1 Å². The van der Waals surface area contributed by atoms with Crippen molar-refractivity contribution in [3.05, 3.63) is 28.2 Å². The fraction of sp³-hybridized carbons (Fsp3) is 0.500. The maximum absolute atomic E-state index is 6.06. The first kappa shape index (κ1) is 14.5. The van der Waals surface area contributed by atoms with Crippen molar-refractivity contribution in [2.45, 2.75) is 32.1 Å². The lowest BCUT2D eigenvalue weighted by atomic mass is 9.89. The monoisotopic (exact) mass is 299 g/mol. The van der Waals surface area contributed by atoms with Crippen LogP contribution in [0.3, 0.4) is 0 Å². The lowest BCUT2D eigenvalue weighted by Crippen LogP contribution is -2.24. The summed E-state index contributed by atoms with van der Waals surface area (Å²) in [6.07, 6.45) is 6.48. The quantitative estimate of drug-likeness (QED) is 0.646. The molecule has 0 heterocycles. The largest absolute Gasteiger partial charge is 0.370 e. The van der Waals surface area contributed by atoms with Crippen molar-refractivity contribution in [3.63, 3.8) is 0 Å². The Morgan fingerprint density at radius 1 is 1.21 bits per heavy atom. The van der Waals surface area contributed by atoms with Gasteiger partial charge in [-0.05, 0) is 30.9 Å². The van der Waals surface area contributed by atoms with Crippen LogP contribution in [0.25, 0.3) is 0 Å². The van der Waals surface area contributed by atoms with Crippen LogP contribution in [0.2, 0.25) is 10.0 Å². The van der Waals surface area contributed by atoms with Gasteiger partial charge in [-0.3, -0.25) is 4.99 Å². The first-order valence-electron chi connectivity index (χ1n) is 6.68. The highest BCUT2D eigenvalue weighted by Crippen LogP contribution is 2.29. The van der Waals surface area contributed by atoms with Crippen LogP contribution in [0.5, 0.6) is 0 Å². The number of aliphatic imine (C=N–C) groups is 1. The molecule has 2 rings (SSSR count). The van der Waals surface area contributed by atoms with Crippen molar-refractivity contribution >= 4 is 34.8 Å². The van der Waals surface area contributed by atoms with Gasteiger partial charge in [0.05, 0.1) is 15.7 Å². The van der Waals surface area contributed by atoms with E-state index in [0.29, 0.717) is 27.6 Å². The van der Waals surface area contributed by atoms with Crippen molar-refractivity contribution in [2.75, 3.05) is 11.9 Å². The first-order chi connectivity index (χ1) is 9.16. The lowest BCUT2D eigenvalue weighted by molar-refractivity contribution is 0.367. The number of nitrogens with zero attached hydrogens (tertiary/aromatic N) is 1. The molecule has 1 aliphatic rings. The molecular weight excluding hydrogens is 281 g/mol. The molecule has 0 amide bonds. The predicted molar refractivity (Wildman–Crippen MR) is 83.1 cm³/mol. The smallest absolute Gasteiger partial charge is 0.193 e. The molecule has 0 saturated heterocycles. The summed E-state index contributed by atoms with van der Waals surface area (Å²) in [5.74, 6) is 1.04. The van der Waals surface area contributed by atoms with Crippen LogP contribution in [0.15, 0.2) is 23.2 Å². The topological polar surface area (TPSA) is 50.4 Å². The summed E-state index contributed by atoms with van der Waals surface area (Å²) >= 11 is 12.1. The molecule has 5 heteroatoms. The Morgan fingerprint density at radius 2 is 1.84 bits per heavy atom. The summed E-state index contributed by atoms with van der Waals surface area (Å²) in [7, 11) is 0. The number of nitrogens with two attached hydrogens (primary N) is 1. The van der Waals surface area contributed by atoms with E-state index in [4.69, 9.17) is 28.9 Å². The summed E-state index contributed by atoms with van der Waals surface area (Å²) in [4.78, 5) is 4.39. The Kier molecular flexibility index (Phi) is 5.34. The summed E-state index contributed by atoms with van der Waals surface area (Å²) < 4.78 is 0. The van der Waals surface area contributed by atoms with E-state index in [1.165, 1.54) is 32.1 Å². The molecule has 0 unspecified atom stereocenters. The van der Waals surface area contributed by atoms with Crippen LogP contribution in [-0.4, -0.2) is 12.5 Å². The Morgan fingerprint density at radius 3 is 2.47 bits per heavy atom. The lowest BCUT2D eigenvalue weighted by Gasteiger charge is -2.19. The fourth-order valence-electron chi connectivity index (χ4n) is 2.38. The molecule has 3 N–H and O–H groups in total. The summed E-state index contributed by atoms with van der Waals surface area (Å²) in [6, 6.07) is 5.33. The molecule has 0 spiro atoms. The third-order valence-corrected chi connectivity index (χ3v) is 4.09. The van der Waals surface area contributed by atoms with Crippen molar-refractivity contribution in [1.82, 2.24) is 0 Å². The maximum atomic E-state index is 6.06. The molecule has 0 radical (unpaired) electrons. The molecule has 1 fully saturated rings. The average molecular weight is 300 g/mol. The van der Waals surface area contributed by atoms with Gasteiger partial charge >= 0.3 is 0 Å². The molecule has 0 aliphatic heterocycles. The van der Waals surface area contributed by atoms with Gasteiger partial charge in [-0.1, -0.05) is 48.5 Å². The van der Waals surface area contributed by atoms with E-state index in [1.807, 2.05) is 0 Å². The van der Waals surface area contributed by atoms with E-state index >= 15 is 0 Å². The second kappa shape index (κ2) is 7.01. The minimum atomic E-state index is 0.376. The number of hydrogen-bond donors (Lipinski definition) is 2.